The second kappa shape index (κ2) is 7.40. The van der Waals surface area contributed by atoms with E-state index in [9.17, 15) is 9.59 Å². The molecule has 4 aromatic rings. The lowest BCUT2D eigenvalue weighted by Crippen LogP contribution is -2.18. The Morgan fingerprint density at radius 3 is 2.39 bits per heavy atom. The van der Waals surface area contributed by atoms with Crippen LogP contribution in [0.5, 0.6) is 0 Å². The van der Waals surface area contributed by atoms with E-state index >= 15 is 0 Å². The van der Waals surface area contributed by atoms with E-state index in [4.69, 9.17) is 0 Å². The molecule has 0 unspecified atom stereocenters. The predicted molar refractivity (Wildman–Crippen MR) is 110 cm³/mol. The summed E-state index contributed by atoms with van der Waals surface area (Å²) in [6, 6.07) is 17.0. The van der Waals surface area contributed by atoms with Crippen LogP contribution in [-0.2, 0) is 0 Å². The van der Waals surface area contributed by atoms with Gasteiger partial charge in [0.2, 0.25) is 0 Å². The van der Waals surface area contributed by atoms with Crippen molar-refractivity contribution in [3.63, 3.8) is 0 Å². The van der Waals surface area contributed by atoms with Gasteiger partial charge in [-0.2, -0.15) is 0 Å². The lowest BCUT2D eigenvalue weighted by Gasteiger charge is -2.11. The first kappa shape index (κ1) is 17.5. The number of aromatic nitrogens is 3. The van der Waals surface area contributed by atoms with E-state index in [1.807, 2.05) is 54.6 Å². The van der Waals surface area contributed by atoms with E-state index in [1.54, 1.807) is 25.4 Å². The first-order valence-electron chi connectivity index (χ1n) is 8.85. The summed E-state index contributed by atoms with van der Waals surface area (Å²) in [5.74, 6) is 0.284. The fraction of sp³-hybridized carbons (Fsp3) is 0.0435. The molecule has 5 nitrogen and oxygen atoms in total. The summed E-state index contributed by atoms with van der Waals surface area (Å²) >= 11 is 0. The molecule has 0 aliphatic carbocycles. The summed E-state index contributed by atoms with van der Waals surface area (Å²) in [6.45, 7) is 1.79. The molecule has 0 aliphatic rings. The second-order valence-electron chi connectivity index (χ2n) is 6.38. The van der Waals surface area contributed by atoms with Gasteiger partial charge in [0.05, 0.1) is 5.56 Å². The van der Waals surface area contributed by atoms with E-state index in [1.165, 1.54) is 6.08 Å². The fourth-order valence-electron chi connectivity index (χ4n) is 3.13. The third kappa shape index (κ3) is 3.38. The highest BCUT2D eigenvalue weighted by molar-refractivity contribution is 6.15. The highest BCUT2D eigenvalue weighted by Gasteiger charge is 2.18. The Labute approximate surface area is 161 Å². The van der Waals surface area contributed by atoms with Crippen LogP contribution in [0.4, 0.5) is 0 Å². The summed E-state index contributed by atoms with van der Waals surface area (Å²) in [5, 5.41) is 0.823. The number of carbonyl (C=O) groups excluding carboxylic acids is 1. The van der Waals surface area contributed by atoms with E-state index in [0.717, 1.165) is 10.9 Å². The Hall–Kier alpha value is -3.86. The van der Waals surface area contributed by atoms with Crippen molar-refractivity contribution in [1.82, 2.24) is 15.0 Å². The minimum Gasteiger partial charge on any atom is -0.321 e. The third-order valence-electron chi connectivity index (χ3n) is 4.46. The molecule has 2 aromatic carbocycles. The molecule has 28 heavy (non-hydrogen) atoms. The van der Waals surface area contributed by atoms with Gasteiger partial charge in [-0.3, -0.25) is 9.59 Å². The Morgan fingerprint density at radius 1 is 0.964 bits per heavy atom. The smallest absolute Gasteiger partial charge is 0.260 e. The van der Waals surface area contributed by atoms with Gasteiger partial charge in [0.1, 0.15) is 5.82 Å². The Balaban J connectivity index is 1.88. The van der Waals surface area contributed by atoms with Gasteiger partial charge in [0.15, 0.2) is 5.78 Å². The molecule has 1 N–H and O–H groups in total. The Bertz CT molecular complexity index is 1240. The number of hydrogen-bond acceptors (Lipinski definition) is 4. The summed E-state index contributed by atoms with van der Waals surface area (Å²) < 4.78 is 0. The van der Waals surface area contributed by atoms with Crippen LogP contribution in [0, 0.1) is 6.92 Å². The summed E-state index contributed by atoms with van der Waals surface area (Å²) in [4.78, 5) is 36.8. The number of nitrogens with zero attached hydrogens (tertiary/aromatic N) is 2. The van der Waals surface area contributed by atoms with Crippen LogP contribution >= 0.6 is 0 Å². The molecule has 0 bridgehead atoms. The number of ketones is 1. The normalized spacial score (nSPS) is 11.2. The first-order valence-corrected chi connectivity index (χ1v) is 8.85. The zero-order chi connectivity index (χ0) is 19.5. The number of aromatic amines is 1. The second-order valence-corrected chi connectivity index (χ2v) is 6.38. The maximum atomic E-state index is 13.0. The molecule has 0 radical (unpaired) electrons. The number of hydrogen-bond donors (Lipinski definition) is 1. The van der Waals surface area contributed by atoms with Crippen molar-refractivity contribution in [3.8, 4) is 11.1 Å². The molecule has 0 atom stereocenters. The third-order valence-corrected chi connectivity index (χ3v) is 4.46. The van der Waals surface area contributed by atoms with Gasteiger partial charge in [-0.25, -0.2) is 9.97 Å². The van der Waals surface area contributed by atoms with Crippen LogP contribution in [0.3, 0.4) is 0 Å². The highest BCUT2D eigenvalue weighted by atomic mass is 16.1. The number of para-hydroxylation sites is 1. The maximum absolute atomic E-state index is 13.0. The Morgan fingerprint density at radius 2 is 1.64 bits per heavy atom. The van der Waals surface area contributed by atoms with Crippen molar-refractivity contribution in [2.75, 3.05) is 0 Å². The number of benzene rings is 2. The van der Waals surface area contributed by atoms with Crippen LogP contribution in [-0.4, -0.2) is 20.7 Å². The molecule has 0 fully saturated rings. The topological polar surface area (TPSA) is 75.7 Å². The van der Waals surface area contributed by atoms with Gasteiger partial charge in [-0.05, 0) is 30.7 Å². The van der Waals surface area contributed by atoms with Crippen LogP contribution in [0.1, 0.15) is 21.7 Å². The van der Waals surface area contributed by atoms with Crippen LogP contribution in [0.25, 0.3) is 28.1 Å². The number of H-pyrrole nitrogens is 1. The lowest BCUT2D eigenvalue weighted by atomic mass is 9.94. The summed E-state index contributed by atoms with van der Waals surface area (Å²) in [6.07, 6.45) is 6.27. The standard InChI is InChI=1S/C23H17N3O2/c1-15-24-13-16(14-25-15)11-12-20(27)22-21(17-7-3-2-4-8-17)18-9-5-6-10-19(18)26-23(22)28/h2-14H,1H3,(H,26,28)/b12-11+. The van der Waals surface area contributed by atoms with Crippen LogP contribution in [0.2, 0.25) is 0 Å². The van der Waals surface area contributed by atoms with E-state index in [0.29, 0.717) is 22.5 Å². The van der Waals surface area contributed by atoms with Crippen molar-refractivity contribution in [1.29, 1.82) is 0 Å². The minimum atomic E-state index is -0.410. The molecule has 4 rings (SSSR count). The molecule has 0 saturated carbocycles. The number of carbonyl (C=O) groups is 1. The average molecular weight is 367 g/mol. The zero-order valence-corrected chi connectivity index (χ0v) is 15.2. The summed E-state index contributed by atoms with van der Waals surface area (Å²) in [7, 11) is 0. The van der Waals surface area contributed by atoms with Gasteiger partial charge in [0, 0.05) is 34.4 Å². The van der Waals surface area contributed by atoms with Gasteiger partial charge >= 0.3 is 0 Å². The molecule has 0 spiro atoms. The van der Waals surface area contributed by atoms with Gasteiger partial charge in [0.25, 0.3) is 5.56 Å². The van der Waals surface area contributed by atoms with Crippen LogP contribution in [0.15, 0.2) is 77.9 Å². The average Bonchev–Trinajstić information content (AvgIpc) is 2.72. The van der Waals surface area contributed by atoms with Gasteiger partial charge < -0.3 is 4.98 Å². The van der Waals surface area contributed by atoms with E-state index < -0.39 is 5.56 Å². The molecule has 0 saturated heterocycles. The van der Waals surface area contributed by atoms with E-state index in [2.05, 4.69) is 15.0 Å². The zero-order valence-electron chi connectivity index (χ0n) is 15.2. The van der Waals surface area contributed by atoms with Crippen molar-refractivity contribution >= 4 is 22.8 Å². The van der Waals surface area contributed by atoms with Crippen molar-refractivity contribution in [2.24, 2.45) is 0 Å². The number of aryl methyl sites for hydroxylation is 1. The lowest BCUT2D eigenvalue weighted by molar-refractivity contribution is 0.104. The molecule has 136 valence electrons. The first-order chi connectivity index (χ1) is 13.6. The monoisotopic (exact) mass is 367 g/mol. The molecular formula is C23H17N3O2. The molecule has 0 aliphatic heterocycles. The molecule has 0 amide bonds. The molecule has 2 heterocycles. The fourth-order valence-corrected chi connectivity index (χ4v) is 3.13. The van der Waals surface area contributed by atoms with Crippen molar-refractivity contribution < 1.29 is 4.79 Å². The maximum Gasteiger partial charge on any atom is 0.260 e. The molecular weight excluding hydrogens is 350 g/mol. The van der Waals surface area contributed by atoms with Crippen molar-refractivity contribution in [2.45, 2.75) is 6.92 Å². The number of allylic oxidation sites excluding steroid dienone is 1. The quantitative estimate of drug-likeness (QED) is 0.433. The predicted octanol–water partition coefficient (Wildman–Crippen LogP) is 4.19. The number of rotatable bonds is 4. The van der Waals surface area contributed by atoms with Crippen molar-refractivity contribution in [3.05, 3.63) is 100 Å². The molecule has 5 heteroatoms. The van der Waals surface area contributed by atoms with E-state index in [-0.39, 0.29) is 11.3 Å². The highest BCUT2D eigenvalue weighted by Crippen LogP contribution is 2.29. The number of pyridine rings is 1. The molecule has 2 aromatic heterocycles. The summed E-state index contributed by atoms with van der Waals surface area (Å²) in [5.41, 5.74) is 2.55. The SMILES string of the molecule is Cc1ncc(/C=C/C(=O)c2c(-c3ccccc3)c3ccccc3[nH]c2=O)cn1. The minimum absolute atomic E-state index is 0.120. The number of nitrogens with one attached hydrogen (secondary N) is 1. The van der Waals surface area contributed by atoms with Crippen LogP contribution < -0.4 is 5.56 Å². The number of fused-ring (bicyclic) bond motifs is 1. The Kier molecular flexibility index (Phi) is 4.64. The van der Waals surface area contributed by atoms with Gasteiger partial charge in [-0.15, -0.1) is 0 Å². The van der Waals surface area contributed by atoms with Gasteiger partial charge in [-0.1, -0.05) is 48.5 Å². The largest absolute Gasteiger partial charge is 0.321 e.